The number of nitrogens with one attached hydrogen (secondary N) is 2. The molecule has 1 saturated heterocycles. The molecule has 2 aromatic rings. The molecule has 8 heteroatoms. The molecule has 2 atom stereocenters. The molecule has 158 valence electrons. The van der Waals surface area contributed by atoms with Crippen molar-refractivity contribution in [3.8, 4) is 0 Å². The van der Waals surface area contributed by atoms with Crippen LogP contribution in [0, 0.1) is 0 Å². The molecule has 2 aromatic carbocycles. The van der Waals surface area contributed by atoms with Gasteiger partial charge in [0.05, 0.1) is 0 Å². The van der Waals surface area contributed by atoms with Crippen molar-refractivity contribution in [2.45, 2.75) is 38.3 Å². The topological polar surface area (TPSA) is 78.5 Å². The number of rotatable bonds is 7. The van der Waals surface area contributed by atoms with Gasteiger partial charge in [-0.25, -0.2) is 4.79 Å². The Labute approximate surface area is 185 Å². The van der Waals surface area contributed by atoms with Gasteiger partial charge in [0.1, 0.15) is 12.1 Å². The molecule has 0 bridgehead atoms. The largest absolute Gasteiger partial charge is 0.352 e. The van der Waals surface area contributed by atoms with Crippen LogP contribution in [0.25, 0.3) is 0 Å². The van der Waals surface area contributed by atoms with Crippen LogP contribution in [0.3, 0.4) is 0 Å². The number of halogens is 2. The summed E-state index contributed by atoms with van der Waals surface area (Å²) in [5, 5.41) is 6.17. The normalized spacial score (nSPS) is 19.5. The van der Waals surface area contributed by atoms with Gasteiger partial charge in [-0.15, -0.1) is 0 Å². The Hall–Kier alpha value is -2.57. The predicted octanol–water partition coefficient (Wildman–Crippen LogP) is 3.90. The molecule has 0 aromatic heterocycles. The summed E-state index contributed by atoms with van der Waals surface area (Å²) in [5.74, 6) is -0.936. The highest BCUT2D eigenvalue weighted by Crippen LogP contribution is 2.34. The van der Waals surface area contributed by atoms with Crippen LogP contribution in [0.1, 0.15) is 31.4 Å². The maximum Gasteiger partial charge on any atom is 0.325 e. The lowest BCUT2D eigenvalue weighted by Crippen LogP contribution is -2.45. The first-order valence-corrected chi connectivity index (χ1v) is 10.4. The van der Waals surface area contributed by atoms with E-state index in [-0.39, 0.29) is 17.6 Å². The maximum absolute atomic E-state index is 13.0. The van der Waals surface area contributed by atoms with Crippen LogP contribution in [0.2, 0.25) is 10.0 Å². The van der Waals surface area contributed by atoms with Crippen molar-refractivity contribution in [2.24, 2.45) is 0 Å². The number of nitrogens with zero attached hydrogens (tertiary/aromatic N) is 1. The molecular formula is C22H23Cl2N3O3. The van der Waals surface area contributed by atoms with Gasteiger partial charge in [-0.3, -0.25) is 14.5 Å². The van der Waals surface area contributed by atoms with Gasteiger partial charge >= 0.3 is 6.03 Å². The molecular weight excluding hydrogens is 425 g/mol. The van der Waals surface area contributed by atoms with E-state index >= 15 is 0 Å². The maximum atomic E-state index is 13.0. The van der Waals surface area contributed by atoms with E-state index in [4.69, 9.17) is 23.2 Å². The predicted molar refractivity (Wildman–Crippen MR) is 116 cm³/mol. The number of benzene rings is 2. The molecule has 30 heavy (non-hydrogen) atoms. The van der Waals surface area contributed by atoms with Gasteiger partial charge in [0.2, 0.25) is 5.91 Å². The molecule has 1 heterocycles. The fourth-order valence-corrected chi connectivity index (χ4v) is 4.08. The van der Waals surface area contributed by atoms with Crippen LogP contribution in [-0.2, 0) is 21.5 Å². The minimum atomic E-state index is -1.36. The van der Waals surface area contributed by atoms with E-state index in [1.54, 1.807) is 19.1 Å². The number of hydrogen-bond donors (Lipinski definition) is 2. The van der Waals surface area contributed by atoms with Crippen LogP contribution in [0.15, 0.2) is 48.5 Å². The Kier molecular flexibility index (Phi) is 6.68. The molecule has 0 aliphatic carbocycles. The van der Waals surface area contributed by atoms with Crippen molar-refractivity contribution >= 4 is 41.0 Å². The van der Waals surface area contributed by atoms with Gasteiger partial charge < -0.3 is 10.6 Å². The molecule has 2 N–H and O–H groups in total. The average molecular weight is 448 g/mol. The fourth-order valence-electron chi connectivity index (χ4n) is 3.48. The van der Waals surface area contributed by atoms with E-state index in [9.17, 15) is 14.4 Å². The first-order valence-electron chi connectivity index (χ1n) is 9.63. The molecule has 0 saturated carbocycles. The molecule has 1 fully saturated rings. The van der Waals surface area contributed by atoms with E-state index in [0.29, 0.717) is 10.6 Å². The number of hydrogen-bond acceptors (Lipinski definition) is 3. The summed E-state index contributed by atoms with van der Waals surface area (Å²) >= 11 is 12.2. The molecule has 4 amide bonds. The molecule has 3 rings (SSSR count). The molecule has 0 spiro atoms. The zero-order chi connectivity index (χ0) is 21.9. The summed E-state index contributed by atoms with van der Waals surface area (Å²) in [6.45, 7) is 3.09. The van der Waals surface area contributed by atoms with Crippen molar-refractivity contribution < 1.29 is 14.4 Å². The van der Waals surface area contributed by atoms with Gasteiger partial charge in [0, 0.05) is 21.7 Å². The van der Waals surface area contributed by atoms with Gasteiger partial charge in [-0.1, -0.05) is 59.6 Å². The quantitative estimate of drug-likeness (QED) is 0.631. The molecule has 1 aliphatic rings. The van der Waals surface area contributed by atoms with Crippen molar-refractivity contribution in [3.05, 3.63) is 69.7 Å². The van der Waals surface area contributed by atoms with Gasteiger partial charge in [0.25, 0.3) is 5.91 Å². The van der Waals surface area contributed by atoms with Crippen LogP contribution in [0.5, 0.6) is 0 Å². The molecule has 2 unspecified atom stereocenters. The standard InChI is InChI=1S/C22H23Cl2N3O3/c1-14(8-9-15-6-4-3-5-7-15)25-19(28)13-27-20(29)22(2,26-21(27)30)17-11-10-16(23)12-18(17)24/h3-7,10-12,14H,8-9,13H2,1-2H3,(H,25,28)(H,26,30). The average Bonchev–Trinajstić information content (AvgIpc) is 2.90. The van der Waals surface area contributed by atoms with E-state index in [0.717, 1.165) is 17.7 Å². The van der Waals surface area contributed by atoms with Crippen molar-refractivity contribution in [1.29, 1.82) is 0 Å². The van der Waals surface area contributed by atoms with Crippen LogP contribution < -0.4 is 10.6 Å². The Bertz CT molecular complexity index is 967. The van der Waals surface area contributed by atoms with E-state index in [2.05, 4.69) is 10.6 Å². The third kappa shape index (κ3) is 4.77. The van der Waals surface area contributed by atoms with Crippen LogP contribution in [-0.4, -0.2) is 35.3 Å². The second-order valence-corrected chi connectivity index (χ2v) is 8.41. The number of urea groups is 1. The summed E-state index contributed by atoms with van der Waals surface area (Å²) in [6.07, 6.45) is 1.56. The second kappa shape index (κ2) is 9.06. The lowest BCUT2D eigenvalue weighted by molar-refractivity contribution is -0.135. The monoisotopic (exact) mass is 447 g/mol. The summed E-state index contributed by atoms with van der Waals surface area (Å²) in [4.78, 5) is 38.8. The van der Waals surface area contributed by atoms with Gasteiger partial charge in [-0.2, -0.15) is 0 Å². The van der Waals surface area contributed by atoms with Crippen LogP contribution in [0.4, 0.5) is 4.79 Å². The first kappa shape index (κ1) is 22.1. The lowest BCUT2D eigenvalue weighted by Gasteiger charge is -2.23. The minimum Gasteiger partial charge on any atom is -0.352 e. The zero-order valence-corrected chi connectivity index (χ0v) is 18.3. The van der Waals surface area contributed by atoms with E-state index < -0.39 is 23.4 Å². The van der Waals surface area contributed by atoms with Crippen molar-refractivity contribution in [3.63, 3.8) is 0 Å². The van der Waals surface area contributed by atoms with Crippen LogP contribution >= 0.6 is 23.2 Å². The SMILES string of the molecule is CC(CCc1ccccc1)NC(=O)CN1C(=O)NC(C)(c2ccc(Cl)cc2Cl)C1=O. The zero-order valence-electron chi connectivity index (χ0n) is 16.7. The number of aryl methyl sites for hydroxylation is 1. The Morgan fingerprint density at radius 3 is 2.53 bits per heavy atom. The van der Waals surface area contributed by atoms with Crippen molar-refractivity contribution in [2.75, 3.05) is 6.54 Å². The summed E-state index contributed by atoms with van der Waals surface area (Å²) < 4.78 is 0. The molecule has 0 radical (unpaired) electrons. The Morgan fingerprint density at radius 1 is 1.17 bits per heavy atom. The summed E-state index contributed by atoms with van der Waals surface area (Å²) in [5.41, 5.74) is 0.243. The number of imide groups is 1. The molecule has 6 nitrogen and oxygen atoms in total. The van der Waals surface area contributed by atoms with E-state index in [1.807, 2.05) is 37.3 Å². The highest BCUT2D eigenvalue weighted by Gasteiger charge is 2.50. The van der Waals surface area contributed by atoms with Gasteiger partial charge in [0.15, 0.2) is 0 Å². The Morgan fingerprint density at radius 2 is 1.87 bits per heavy atom. The third-order valence-corrected chi connectivity index (χ3v) is 5.71. The fraction of sp³-hybridized carbons (Fsp3) is 0.318. The number of amides is 4. The Balaban J connectivity index is 1.61. The lowest BCUT2D eigenvalue weighted by atomic mass is 9.92. The smallest absolute Gasteiger partial charge is 0.325 e. The highest BCUT2D eigenvalue weighted by molar-refractivity contribution is 6.35. The molecule has 1 aliphatic heterocycles. The third-order valence-electron chi connectivity index (χ3n) is 5.16. The van der Waals surface area contributed by atoms with Gasteiger partial charge in [-0.05, 0) is 44.4 Å². The second-order valence-electron chi connectivity index (χ2n) is 7.56. The summed E-state index contributed by atoms with van der Waals surface area (Å²) in [7, 11) is 0. The minimum absolute atomic E-state index is 0.101. The first-order chi connectivity index (χ1) is 14.2. The number of carbonyl (C=O) groups excluding carboxylic acids is 3. The van der Waals surface area contributed by atoms with Crippen molar-refractivity contribution in [1.82, 2.24) is 15.5 Å². The summed E-state index contributed by atoms with van der Waals surface area (Å²) in [6, 6.07) is 13.9. The highest BCUT2D eigenvalue weighted by atomic mass is 35.5. The van der Waals surface area contributed by atoms with E-state index in [1.165, 1.54) is 11.6 Å². The number of carbonyl (C=O) groups is 3.